The monoisotopic (exact) mass is 300 g/mol. The van der Waals surface area contributed by atoms with Crippen LogP contribution < -0.4 is 4.72 Å². The van der Waals surface area contributed by atoms with E-state index in [2.05, 4.69) is 25.9 Å². The highest BCUT2D eigenvalue weighted by Crippen LogP contribution is 2.25. The Morgan fingerprint density at radius 3 is 3.00 bits per heavy atom. The van der Waals surface area contributed by atoms with Gasteiger partial charge in [0.1, 0.15) is 0 Å². The number of rotatable bonds is 6. The van der Waals surface area contributed by atoms with Gasteiger partial charge in [-0.05, 0) is 45.3 Å². The second-order valence-electron chi connectivity index (χ2n) is 5.64. The average Bonchev–Trinajstić information content (AvgIpc) is 2.81. The Labute approximate surface area is 121 Å². The van der Waals surface area contributed by atoms with E-state index in [0.29, 0.717) is 12.5 Å². The highest BCUT2D eigenvalue weighted by molar-refractivity contribution is 7.88. The number of sulfonamides is 1. The summed E-state index contributed by atoms with van der Waals surface area (Å²) in [4.78, 5) is 2.40. The lowest BCUT2D eigenvalue weighted by Crippen LogP contribution is -2.36. The third-order valence-electron chi connectivity index (χ3n) is 3.66. The molecule has 1 aromatic rings. The molecule has 1 fully saturated rings. The quantitative estimate of drug-likeness (QED) is 0.763. The van der Waals surface area contributed by atoms with Gasteiger partial charge in [0, 0.05) is 24.7 Å². The Balaban J connectivity index is 1.76. The molecule has 2 rings (SSSR count). The van der Waals surface area contributed by atoms with Gasteiger partial charge >= 0.3 is 0 Å². The van der Waals surface area contributed by atoms with Crippen LogP contribution in [0, 0.1) is 6.92 Å². The maximum absolute atomic E-state index is 11.0. The number of aromatic amines is 1. The van der Waals surface area contributed by atoms with Gasteiger partial charge in [-0.1, -0.05) is 0 Å². The van der Waals surface area contributed by atoms with Crippen LogP contribution in [-0.2, 0) is 10.0 Å². The Morgan fingerprint density at radius 1 is 1.55 bits per heavy atom. The summed E-state index contributed by atoms with van der Waals surface area (Å²) in [5.74, 6) is 0.497. The number of hydrogen-bond acceptors (Lipinski definition) is 4. The van der Waals surface area contributed by atoms with E-state index in [1.807, 2.05) is 6.92 Å². The van der Waals surface area contributed by atoms with Gasteiger partial charge in [-0.25, -0.2) is 13.1 Å². The lowest BCUT2D eigenvalue weighted by atomic mass is 9.94. The molecule has 0 spiro atoms. The van der Waals surface area contributed by atoms with Crippen LogP contribution in [0.25, 0.3) is 0 Å². The Kier molecular flexibility index (Phi) is 5.17. The Morgan fingerprint density at radius 2 is 2.35 bits per heavy atom. The van der Waals surface area contributed by atoms with Crippen LogP contribution in [0.5, 0.6) is 0 Å². The Hall–Kier alpha value is -0.920. The standard InChI is InChI=1S/C13H24N4O2S/c1-11-9-13(16-15-11)12-5-3-7-17(10-12)8-4-6-14-20(2,18)19/h9,12,14H,3-8,10H2,1-2H3,(H,15,16)/t12-/m0/s1. The summed E-state index contributed by atoms with van der Waals surface area (Å²) in [6.07, 6.45) is 4.40. The average molecular weight is 300 g/mol. The number of aryl methyl sites for hydroxylation is 1. The minimum absolute atomic E-state index is 0.497. The van der Waals surface area contributed by atoms with Gasteiger partial charge in [0.2, 0.25) is 10.0 Å². The van der Waals surface area contributed by atoms with Crippen LogP contribution in [0.4, 0.5) is 0 Å². The topological polar surface area (TPSA) is 78.1 Å². The predicted octanol–water partition coefficient (Wildman–Crippen LogP) is 0.837. The Bertz CT molecular complexity index is 526. The number of likely N-dealkylation sites (tertiary alicyclic amines) is 1. The van der Waals surface area contributed by atoms with Gasteiger partial charge in [0.25, 0.3) is 0 Å². The minimum Gasteiger partial charge on any atom is -0.303 e. The summed E-state index contributed by atoms with van der Waals surface area (Å²) in [5.41, 5.74) is 2.26. The van der Waals surface area contributed by atoms with Crippen LogP contribution in [0.15, 0.2) is 6.07 Å². The van der Waals surface area contributed by atoms with E-state index in [4.69, 9.17) is 0 Å². The number of H-pyrrole nitrogens is 1. The molecule has 2 heterocycles. The molecule has 2 N–H and O–H groups in total. The lowest BCUT2D eigenvalue weighted by Gasteiger charge is -2.31. The predicted molar refractivity (Wildman–Crippen MR) is 79.2 cm³/mol. The van der Waals surface area contributed by atoms with Gasteiger partial charge in [0.15, 0.2) is 0 Å². The van der Waals surface area contributed by atoms with Crippen LogP contribution >= 0.6 is 0 Å². The fourth-order valence-electron chi connectivity index (χ4n) is 2.71. The summed E-state index contributed by atoms with van der Waals surface area (Å²) in [6.45, 7) is 5.58. The van der Waals surface area contributed by atoms with Gasteiger partial charge in [-0.2, -0.15) is 5.10 Å². The zero-order chi connectivity index (χ0) is 14.6. The molecular weight excluding hydrogens is 276 g/mol. The van der Waals surface area contributed by atoms with Crippen molar-refractivity contribution in [1.29, 1.82) is 0 Å². The first-order chi connectivity index (χ1) is 9.44. The van der Waals surface area contributed by atoms with Crippen molar-refractivity contribution in [2.75, 3.05) is 32.4 Å². The second kappa shape index (κ2) is 6.69. The van der Waals surface area contributed by atoms with E-state index in [-0.39, 0.29) is 0 Å². The van der Waals surface area contributed by atoms with Crippen molar-refractivity contribution in [3.8, 4) is 0 Å². The van der Waals surface area contributed by atoms with Crippen LogP contribution in [0.1, 0.15) is 36.6 Å². The van der Waals surface area contributed by atoms with E-state index in [9.17, 15) is 8.42 Å². The van der Waals surface area contributed by atoms with Crippen molar-refractivity contribution < 1.29 is 8.42 Å². The van der Waals surface area contributed by atoms with Crippen molar-refractivity contribution in [3.63, 3.8) is 0 Å². The van der Waals surface area contributed by atoms with Crippen molar-refractivity contribution in [1.82, 2.24) is 19.8 Å². The molecule has 1 aliphatic heterocycles. The number of hydrogen-bond donors (Lipinski definition) is 2. The van der Waals surface area contributed by atoms with Crippen LogP contribution in [0.2, 0.25) is 0 Å². The van der Waals surface area contributed by atoms with Gasteiger partial charge in [-0.3, -0.25) is 5.10 Å². The fourth-order valence-corrected chi connectivity index (χ4v) is 3.22. The SMILES string of the molecule is Cc1cc([C@H]2CCCN(CCCNS(C)(=O)=O)C2)n[nH]1. The fraction of sp³-hybridized carbons (Fsp3) is 0.769. The summed E-state index contributed by atoms with van der Waals surface area (Å²) >= 11 is 0. The normalized spacial score (nSPS) is 21.2. The van der Waals surface area contributed by atoms with E-state index in [0.717, 1.165) is 37.4 Å². The molecule has 1 atom stereocenters. The van der Waals surface area contributed by atoms with Crippen molar-refractivity contribution in [2.45, 2.75) is 32.1 Å². The molecule has 0 saturated carbocycles. The molecule has 0 radical (unpaired) electrons. The molecule has 1 saturated heterocycles. The zero-order valence-electron chi connectivity index (χ0n) is 12.2. The highest BCUT2D eigenvalue weighted by atomic mass is 32.2. The molecule has 1 aliphatic rings. The molecule has 7 heteroatoms. The zero-order valence-corrected chi connectivity index (χ0v) is 13.0. The molecule has 0 bridgehead atoms. The van der Waals surface area contributed by atoms with Gasteiger partial charge in [-0.15, -0.1) is 0 Å². The summed E-state index contributed by atoms with van der Waals surface area (Å²) < 4.78 is 24.5. The number of piperidine rings is 1. The number of nitrogens with one attached hydrogen (secondary N) is 2. The first kappa shape index (κ1) is 15.5. The third-order valence-corrected chi connectivity index (χ3v) is 4.39. The van der Waals surface area contributed by atoms with E-state index in [1.54, 1.807) is 0 Å². The smallest absolute Gasteiger partial charge is 0.208 e. The van der Waals surface area contributed by atoms with E-state index >= 15 is 0 Å². The molecule has 114 valence electrons. The molecule has 0 unspecified atom stereocenters. The molecule has 0 aromatic carbocycles. The molecule has 20 heavy (non-hydrogen) atoms. The van der Waals surface area contributed by atoms with E-state index < -0.39 is 10.0 Å². The number of nitrogens with zero attached hydrogens (tertiary/aromatic N) is 2. The third kappa shape index (κ3) is 4.88. The first-order valence-electron chi connectivity index (χ1n) is 7.13. The molecule has 0 aliphatic carbocycles. The molecular formula is C13H24N4O2S. The summed E-state index contributed by atoms with van der Waals surface area (Å²) in [7, 11) is -3.06. The number of aromatic nitrogens is 2. The maximum atomic E-state index is 11.0. The van der Waals surface area contributed by atoms with Gasteiger partial charge in [0.05, 0.1) is 11.9 Å². The minimum atomic E-state index is -3.06. The molecule has 6 nitrogen and oxygen atoms in total. The second-order valence-corrected chi connectivity index (χ2v) is 7.47. The van der Waals surface area contributed by atoms with Crippen LogP contribution in [-0.4, -0.2) is 55.9 Å². The molecule has 0 amide bonds. The summed E-state index contributed by atoms with van der Waals surface area (Å²) in [6, 6.07) is 2.12. The maximum Gasteiger partial charge on any atom is 0.208 e. The largest absolute Gasteiger partial charge is 0.303 e. The lowest BCUT2D eigenvalue weighted by molar-refractivity contribution is 0.204. The van der Waals surface area contributed by atoms with Gasteiger partial charge < -0.3 is 4.90 Å². The highest BCUT2D eigenvalue weighted by Gasteiger charge is 2.22. The van der Waals surface area contributed by atoms with E-state index in [1.165, 1.54) is 19.1 Å². The van der Waals surface area contributed by atoms with Crippen molar-refractivity contribution in [2.24, 2.45) is 0 Å². The van der Waals surface area contributed by atoms with Crippen molar-refractivity contribution >= 4 is 10.0 Å². The molecule has 1 aromatic heterocycles. The first-order valence-corrected chi connectivity index (χ1v) is 9.02. The van der Waals surface area contributed by atoms with Crippen molar-refractivity contribution in [3.05, 3.63) is 17.5 Å². The summed E-state index contributed by atoms with van der Waals surface area (Å²) in [5, 5.41) is 7.36. The van der Waals surface area contributed by atoms with Crippen LogP contribution in [0.3, 0.4) is 0 Å².